The van der Waals surface area contributed by atoms with Crippen LogP contribution in [-0.2, 0) is 6.54 Å². The lowest BCUT2D eigenvalue weighted by Gasteiger charge is -2.14. The average molecular weight is 355 g/mol. The normalized spacial score (nSPS) is 14.3. The van der Waals surface area contributed by atoms with E-state index in [9.17, 15) is 9.18 Å². The molecule has 0 amide bonds. The van der Waals surface area contributed by atoms with Crippen molar-refractivity contribution in [3.8, 4) is 0 Å². The number of halogens is 1. The third-order valence-electron chi connectivity index (χ3n) is 3.83. The van der Waals surface area contributed by atoms with Crippen molar-refractivity contribution in [2.75, 3.05) is 5.75 Å². The highest BCUT2D eigenvalue weighted by Gasteiger charge is 2.17. The summed E-state index contributed by atoms with van der Waals surface area (Å²) in [4.78, 5) is 15.0. The number of para-hydroxylation sites is 2. The van der Waals surface area contributed by atoms with Gasteiger partial charge in [-0.1, -0.05) is 42.1 Å². The predicted molar refractivity (Wildman–Crippen MR) is 98.5 cm³/mol. The van der Waals surface area contributed by atoms with E-state index in [4.69, 9.17) is 0 Å². The first kappa shape index (κ1) is 15.6. The number of aromatic nitrogens is 2. The molecule has 126 valence electrons. The zero-order valence-electron chi connectivity index (χ0n) is 13.1. The van der Waals surface area contributed by atoms with Crippen LogP contribution >= 0.6 is 11.8 Å². The van der Waals surface area contributed by atoms with Gasteiger partial charge in [-0.25, -0.2) is 13.8 Å². The van der Waals surface area contributed by atoms with Crippen LogP contribution in [0.4, 0.5) is 4.39 Å². The lowest BCUT2D eigenvalue weighted by molar-refractivity contribution is 0.606. The van der Waals surface area contributed by atoms with Gasteiger partial charge in [-0.15, -0.1) is 10.2 Å². The number of nitrogens with zero attached hydrogens (tertiary/aromatic N) is 3. The van der Waals surface area contributed by atoms with Gasteiger partial charge in [0.2, 0.25) is 0 Å². The van der Waals surface area contributed by atoms with Gasteiger partial charge in [-0.3, -0.25) is 0 Å². The molecular formula is C17H14FN5OS. The molecule has 1 aliphatic rings. The van der Waals surface area contributed by atoms with Crippen molar-refractivity contribution in [2.45, 2.75) is 6.54 Å². The minimum atomic E-state index is -0.258. The Balaban J connectivity index is 1.55. The first-order valence-corrected chi connectivity index (χ1v) is 8.65. The summed E-state index contributed by atoms with van der Waals surface area (Å²) < 4.78 is 15.2. The number of imidazole rings is 1. The van der Waals surface area contributed by atoms with Gasteiger partial charge in [0.25, 0.3) is 0 Å². The van der Waals surface area contributed by atoms with Gasteiger partial charge in [0.15, 0.2) is 11.0 Å². The van der Waals surface area contributed by atoms with Gasteiger partial charge >= 0.3 is 5.69 Å². The van der Waals surface area contributed by atoms with Gasteiger partial charge in [0.1, 0.15) is 5.82 Å². The summed E-state index contributed by atoms with van der Waals surface area (Å²) in [6.07, 6.45) is 0. The summed E-state index contributed by atoms with van der Waals surface area (Å²) in [6, 6.07) is 14.0. The fourth-order valence-corrected chi connectivity index (χ4v) is 3.34. The van der Waals surface area contributed by atoms with E-state index >= 15 is 0 Å². The highest BCUT2D eigenvalue weighted by Crippen LogP contribution is 2.15. The Labute approximate surface area is 146 Å². The fourth-order valence-electron chi connectivity index (χ4n) is 2.61. The van der Waals surface area contributed by atoms with Gasteiger partial charge in [-0.2, -0.15) is 0 Å². The van der Waals surface area contributed by atoms with Crippen molar-refractivity contribution >= 4 is 33.8 Å². The predicted octanol–water partition coefficient (Wildman–Crippen LogP) is 2.52. The molecule has 3 aromatic rings. The molecule has 2 aromatic carbocycles. The van der Waals surface area contributed by atoms with E-state index < -0.39 is 0 Å². The van der Waals surface area contributed by atoms with E-state index in [2.05, 4.69) is 20.5 Å². The van der Waals surface area contributed by atoms with Gasteiger partial charge < -0.3 is 10.3 Å². The fraction of sp³-hybridized carbons (Fsp3) is 0.118. The summed E-state index contributed by atoms with van der Waals surface area (Å²) in [6.45, 7) is 0.330. The topological polar surface area (TPSA) is 74.5 Å². The summed E-state index contributed by atoms with van der Waals surface area (Å²) >= 11 is 1.42. The molecule has 0 unspecified atom stereocenters. The Morgan fingerprint density at radius 2 is 1.96 bits per heavy atom. The molecule has 8 heteroatoms. The number of benzene rings is 2. The second-order valence-corrected chi connectivity index (χ2v) is 6.40. The van der Waals surface area contributed by atoms with Crippen LogP contribution in [0.5, 0.6) is 0 Å². The molecule has 0 saturated heterocycles. The van der Waals surface area contributed by atoms with E-state index in [0.29, 0.717) is 28.9 Å². The number of rotatable bonds is 2. The number of thioether (sulfide) groups is 1. The Morgan fingerprint density at radius 3 is 2.76 bits per heavy atom. The minimum Gasteiger partial charge on any atom is -0.359 e. The van der Waals surface area contributed by atoms with Crippen LogP contribution in [0.3, 0.4) is 0 Å². The number of amidine groups is 1. The summed E-state index contributed by atoms with van der Waals surface area (Å²) in [5.41, 5.74) is 1.85. The lowest BCUT2D eigenvalue weighted by atomic mass is 10.2. The maximum atomic E-state index is 13.6. The van der Waals surface area contributed by atoms with Crippen molar-refractivity contribution in [3.63, 3.8) is 0 Å². The number of hydrogen-bond donors (Lipinski definition) is 2. The van der Waals surface area contributed by atoms with E-state index in [-0.39, 0.29) is 11.5 Å². The van der Waals surface area contributed by atoms with Crippen molar-refractivity contribution < 1.29 is 4.39 Å². The zero-order chi connectivity index (χ0) is 17.2. The van der Waals surface area contributed by atoms with Crippen molar-refractivity contribution in [1.82, 2.24) is 14.9 Å². The second kappa shape index (κ2) is 6.56. The molecule has 0 atom stereocenters. The summed E-state index contributed by atoms with van der Waals surface area (Å²) in [5, 5.41) is 12.0. The van der Waals surface area contributed by atoms with Gasteiger partial charge in [0, 0.05) is 12.1 Å². The SMILES string of the molecule is O=c1[nH]c2ccccc2n1C1=NN=C(NCc2ccccc2F)SC1. The van der Waals surface area contributed by atoms with Crippen LogP contribution in [0.1, 0.15) is 5.56 Å². The quantitative estimate of drug-likeness (QED) is 0.742. The second-order valence-electron chi connectivity index (χ2n) is 5.44. The van der Waals surface area contributed by atoms with E-state index in [1.54, 1.807) is 18.2 Å². The molecule has 4 rings (SSSR count). The molecule has 2 heterocycles. The first-order chi connectivity index (χ1) is 12.2. The Kier molecular flexibility index (Phi) is 4.10. The summed E-state index contributed by atoms with van der Waals surface area (Å²) in [5.74, 6) is 0.792. The van der Waals surface area contributed by atoms with Crippen LogP contribution in [0.15, 0.2) is 63.5 Å². The first-order valence-electron chi connectivity index (χ1n) is 7.67. The van der Waals surface area contributed by atoms with Crippen molar-refractivity contribution in [2.24, 2.45) is 10.2 Å². The van der Waals surface area contributed by atoms with Crippen LogP contribution in [-0.4, -0.2) is 26.3 Å². The maximum absolute atomic E-state index is 13.6. The number of hydrogen-bond acceptors (Lipinski definition) is 5. The highest BCUT2D eigenvalue weighted by molar-refractivity contribution is 8.14. The molecular weight excluding hydrogens is 341 g/mol. The summed E-state index contributed by atoms with van der Waals surface area (Å²) in [7, 11) is 0. The van der Waals surface area contributed by atoms with E-state index in [0.717, 1.165) is 11.0 Å². The monoisotopic (exact) mass is 355 g/mol. The largest absolute Gasteiger partial charge is 0.359 e. The zero-order valence-corrected chi connectivity index (χ0v) is 13.9. The minimum absolute atomic E-state index is 0.237. The molecule has 2 N–H and O–H groups in total. The highest BCUT2D eigenvalue weighted by atomic mass is 32.2. The van der Waals surface area contributed by atoms with Crippen molar-refractivity contribution in [1.29, 1.82) is 0 Å². The molecule has 0 saturated carbocycles. The van der Waals surface area contributed by atoms with Crippen LogP contribution in [0.25, 0.3) is 11.0 Å². The molecule has 0 bridgehead atoms. The number of H-pyrrole nitrogens is 1. The van der Waals surface area contributed by atoms with Crippen LogP contribution in [0.2, 0.25) is 0 Å². The van der Waals surface area contributed by atoms with E-state index in [1.807, 2.05) is 24.3 Å². The number of nitrogens with one attached hydrogen (secondary N) is 2. The third kappa shape index (κ3) is 3.08. The van der Waals surface area contributed by atoms with Gasteiger partial charge in [0.05, 0.1) is 16.8 Å². The molecule has 25 heavy (non-hydrogen) atoms. The molecule has 0 spiro atoms. The molecule has 1 aromatic heterocycles. The number of aromatic amines is 1. The van der Waals surface area contributed by atoms with Crippen LogP contribution < -0.4 is 11.0 Å². The maximum Gasteiger partial charge on any atom is 0.332 e. The molecule has 0 fully saturated rings. The smallest absolute Gasteiger partial charge is 0.332 e. The standard InChI is InChI=1S/C17H14FN5OS/c18-12-6-2-1-5-11(12)9-19-16-22-21-15(10-25-16)23-14-8-4-3-7-13(14)20-17(23)24/h1-8H,9-10H2,(H,19,22)(H,20,24). The van der Waals surface area contributed by atoms with Crippen LogP contribution in [0, 0.1) is 5.82 Å². The lowest BCUT2D eigenvalue weighted by Crippen LogP contribution is -2.31. The van der Waals surface area contributed by atoms with Gasteiger partial charge in [-0.05, 0) is 18.2 Å². The molecule has 0 radical (unpaired) electrons. The third-order valence-corrected chi connectivity index (χ3v) is 4.73. The average Bonchev–Trinajstić information content (AvgIpc) is 2.97. The molecule has 6 nitrogen and oxygen atoms in total. The Morgan fingerprint density at radius 1 is 1.16 bits per heavy atom. The van der Waals surface area contributed by atoms with E-state index in [1.165, 1.54) is 22.4 Å². The number of fused-ring (bicyclic) bond motifs is 1. The van der Waals surface area contributed by atoms with Crippen molar-refractivity contribution in [3.05, 3.63) is 70.4 Å². The Hall–Kier alpha value is -2.87. The molecule has 1 aliphatic heterocycles. The molecule has 0 aliphatic carbocycles. The Bertz CT molecular complexity index is 1050.